The van der Waals surface area contributed by atoms with Gasteiger partial charge >= 0.3 is 0 Å². The lowest BCUT2D eigenvalue weighted by molar-refractivity contribution is 0.552. The van der Waals surface area contributed by atoms with Gasteiger partial charge in [-0.1, -0.05) is 0 Å². The molecule has 0 spiro atoms. The third-order valence-electron chi connectivity index (χ3n) is 2.48. The van der Waals surface area contributed by atoms with E-state index < -0.39 is 14.6 Å². The zero-order valence-corrected chi connectivity index (χ0v) is 12.5. The fourth-order valence-electron chi connectivity index (χ4n) is 1.20. The summed E-state index contributed by atoms with van der Waals surface area (Å²) >= 11 is 3.25. The number of nitrogens with zero attached hydrogens (tertiary/aromatic N) is 1. The van der Waals surface area contributed by atoms with E-state index in [2.05, 4.69) is 15.9 Å². The number of sulfone groups is 1. The topological polar surface area (TPSA) is 56.1 Å². The molecule has 1 aromatic rings. The van der Waals surface area contributed by atoms with E-state index in [1.54, 1.807) is 33.0 Å². The Balaban J connectivity index is 2.89. The average Bonchev–Trinajstić information content (AvgIpc) is 2.18. The minimum atomic E-state index is -3.20. The third kappa shape index (κ3) is 3.67. The highest BCUT2D eigenvalue weighted by molar-refractivity contribution is 9.10. The number of hydrogen-bond acceptors (Lipinski definition) is 3. The van der Waals surface area contributed by atoms with Crippen LogP contribution in [0.25, 0.3) is 0 Å². The summed E-state index contributed by atoms with van der Waals surface area (Å²) in [5, 5.41) is 0. The number of aryl methyl sites for hydroxylation is 1. The Hall–Kier alpha value is -0.620. The van der Waals surface area contributed by atoms with Crippen molar-refractivity contribution in [2.75, 3.05) is 5.75 Å². The van der Waals surface area contributed by atoms with E-state index in [4.69, 9.17) is 0 Å². The van der Waals surface area contributed by atoms with Crippen LogP contribution in [0.4, 0.5) is 0 Å². The van der Waals surface area contributed by atoms with E-state index in [9.17, 15) is 13.2 Å². The van der Waals surface area contributed by atoms with E-state index in [1.165, 1.54) is 10.6 Å². The number of halogens is 1. The third-order valence-corrected chi connectivity index (χ3v) is 5.54. The second-order valence-electron chi connectivity index (χ2n) is 4.81. The van der Waals surface area contributed by atoms with Gasteiger partial charge in [0.25, 0.3) is 5.56 Å². The summed E-state index contributed by atoms with van der Waals surface area (Å²) in [6.07, 6.45) is 1.60. The molecule has 0 bridgehead atoms. The maximum Gasteiger partial charge on any atom is 0.250 e. The van der Waals surface area contributed by atoms with Crippen molar-refractivity contribution < 1.29 is 8.42 Å². The second kappa shape index (κ2) is 4.94. The van der Waals surface area contributed by atoms with Gasteiger partial charge in [0.15, 0.2) is 9.84 Å². The van der Waals surface area contributed by atoms with Gasteiger partial charge in [0.1, 0.15) is 0 Å². The molecule has 0 aliphatic heterocycles. The normalized spacial score (nSPS) is 12.7. The summed E-state index contributed by atoms with van der Waals surface area (Å²) in [5.41, 5.74) is -0.197. The first-order valence-corrected chi connectivity index (χ1v) is 7.66. The number of aromatic nitrogens is 1. The lowest BCUT2D eigenvalue weighted by atomic mass is 10.3. The number of hydrogen-bond donors (Lipinski definition) is 0. The average molecular weight is 322 g/mol. The molecule has 0 radical (unpaired) electrons. The first kappa shape index (κ1) is 14.4. The van der Waals surface area contributed by atoms with E-state index in [-0.39, 0.29) is 17.9 Å². The molecule has 1 heterocycles. The molecule has 0 N–H and O–H groups in total. The monoisotopic (exact) mass is 321 g/mol. The Labute approximate surface area is 110 Å². The van der Waals surface area contributed by atoms with E-state index in [1.807, 2.05) is 0 Å². The molecule has 0 aromatic carbocycles. The minimum absolute atomic E-state index is 0.0349. The van der Waals surface area contributed by atoms with Crippen molar-refractivity contribution in [1.29, 1.82) is 0 Å². The van der Waals surface area contributed by atoms with Crippen molar-refractivity contribution in [3.63, 3.8) is 0 Å². The van der Waals surface area contributed by atoms with Crippen molar-refractivity contribution in [3.8, 4) is 0 Å². The summed E-state index contributed by atoms with van der Waals surface area (Å²) in [7, 11) is -3.20. The van der Waals surface area contributed by atoms with Crippen molar-refractivity contribution in [3.05, 3.63) is 33.2 Å². The Kier molecular flexibility index (Phi) is 4.19. The van der Waals surface area contributed by atoms with Gasteiger partial charge in [0.05, 0.1) is 10.5 Å². The van der Waals surface area contributed by atoms with Gasteiger partial charge in [0, 0.05) is 23.3 Å². The summed E-state index contributed by atoms with van der Waals surface area (Å²) < 4.78 is 25.2. The standard InChI is InChI=1S/C11H16BrNO3S/c1-11(2,3)17(15,16)7-6-13-8-9(12)4-5-10(13)14/h4-5,8H,6-7H2,1-3H3. The van der Waals surface area contributed by atoms with Crippen LogP contribution in [-0.4, -0.2) is 23.5 Å². The molecule has 6 heteroatoms. The summed E-state index contributed by atoms with van der Waals surface area (Å²) in [6, 6.07) is 3.05. The quantitative estimate of drug-likeness (QED) is 0.853. The lowest BCUT2D eigenvalue weighted by Crippen LogP contribution is -2.33. The maximum atomic E-state index is 11.9. The molecule has 0 saturated heterocycles. The fraction of sp³-hybridized carbons (Fsp3) is 0.545. The molecule has 1 rings (SSSR count). The SMILES string of the molecule is CC(C)(C)S(=O)(=O)CCn1cc(Br)ccc1=O. The molecule has 0 fully saturated rings. The molecule has 0 saturated carbocycles. The number of rotatable bonds is 3. The lowest BCUT2D eigenvalue weighted by Gasteiger charge is -2.19. The molecular formula is C11H16BrNO3S. The summed E-state index contributed by atoms with van der Waals surface area (Å²) in [4.78, 5) is 11.5. The minimum Gasteiger partial charge on any atom is -0.313 e. The van der Waals surface area contributed by atoms with Crippen molar-refractivity contribution in [2.24, 2.45) is 0 Å². The van der Waals surface area contributed by atoms with E-state index in [0.29, 0.717) is 0 Å². The fourth-order valence-corrected chi connectivity index (χ4v) is 2.63. The van der Waals surface area contributed by atoms with Gasteiger partial charge < -0.3 is 4.57 Å². The van der Waals surface area contributed by atoms with Crippen LogP contribution in [-0.2, 0) is 16.4 Å². The molecule has 0 aliphatic rings. The smallest absolute Gasteiger partial charge is 0.250 e. The van der Waals surface area contributed by atoms with Crippen LogP contribution in [0.15, 0.2) is 27.6 Å². The summed E-state index contributed by atoms with van der Waals surface area (Å²) in [6.45, 7) is 5.15. The molecule has 0 aliphatic carbocycles. The van der Waals surface area contributed by atoms with Crippen LogP contribution in [0.1, 0.15) is 20.8 Å². The molecule has 96 valence electrons. The largest absolute Gasteiger partial charge is 0.313 e. The zero-order valence-electron chi connectivity index (χ0n) is 10.1. The van der Waals surface area contributed by atoms with Crippen LogP contribution in [0.5, 0.6) is 0 Å². The van der Waals surface area contributed by atoms with Gasteiger partial charge in [-0.2, -0.15) is 0 Å². The predicted octanol–water partition coefficient (Wildman–Crippen LogP) is 1.82. The molecule has 1 aromatic heterocycles. The molecule has 0 unspecified atom stereocenters. The highest BCUT2D eigenvalue weighted by Crippen LogP contribution is 2.16. The van der Waals surface area contributed by atoms with Crippen LogP contribution >= 0.6 is 15.9 Å². The number of pyridine rings is 1. The van der Waals surface area contributed by atoms with Crippen LogP contribution in [0, 0.1) is 0 Å². The molecule has 0 amide bonds. The van der Waals surface area contributed by atoms with Gasteiger partial charge in [-0.25, -0.2) is 8.42 Å². The first-order chi connectivity index (χ1) is 7.63. The van der Waals surface area contributed by atoms with Crippen LogP contribution in [0.2, 0.25) is 0 Å². The van der Waals surface area contributed by atoms with Crippen LogP contribution < -0.4 is 5.56 Å². The first-order valence-electron chi connectivity index (χ1n) is 5.22. The Morgan fingerprint density at radius 1 is 1.29 bits per heavy atom. The maximum absolute atomic E-state index is 11.9. The van der Waals surface area contributed by atoms with Crippen molar-refractivity contribution in [1.82, 2.24) is 4.57 Å². The molecule has 0 atom stereocenters. The van der Waals surface area contributed by atoms with Crippen molar-refractivity contribution in [2.45, 2.75) is 32.1 Å². The van der Waals surface area contributed by atoms with E-state index in [0.717, 1.165) is 4.47 Å². The second-order valence-corrected chi connectivity index (χ2v) is 8.59. The molecule has 17 heavy (non-hydrogen) atoms. The predicted molar refractivity (Wildman–Crippen MR) is 71.9 cm³/mol. The van der Waals surface area contributed by atoms with Crippen LogP contribution in [0.3, 0.4) is 0 Å². The Morgan fingerprint density at radius 2 is 1.88 bits per heavy atom. The van der Waals surface area contributed by atoms with Gasteiger partial charge in [-0.05, 0) is 42.8 Å². The Bertz CT molecular complexity index is 555. The van der Waals surface area contributed by atoms with Gasteiger partial charge in [0.2, 0.25) is 0 Å². The zero-order chi connectivity index (χ0) is 13.3. The summed E-state index contributed by atoms with van der Waals surface area (Å²) in [5.74, 6) is -0.0349. The Morgan fingerprint density at radius 3 is 2.41 bits per heavy atom. The van der Waals surface area contributed by atoms with E-state index >= 15 is 0 Å². The molecular weight excluding hydrogens is 306 g/mol. The van der Waals surface area contributed by atoms with Gasteiger partial charge in [-0.3, -0.25) is 4.79 Å². The van der Waals surface area contributed by atoms with Gasteiger partial charge in [-0.15, -0.1) is 0 Å². The highest BCUT2D eigenvalue weighted by Gasteiger charge is 2.28. The highest BCUT2D eigenvalue weighted by atomic mass is 79.9. The molecule has 4 nitrogen and oxygen atoms in total. The van der Waals surface area contributed by atoms with Crippen molar-refractivity contribution >= 4 is 25.8 Å².